The molecule has 2 aromatic rings. The second-order valence-electron chi connectivity index (χ2n) is 5.73. The van der Waals surface area contributed by atoms with Gasteiger partial charge in [-0.2, -0.15) is 4.98 Å². The van der Waals surface area contributed by atoms with Crippen LogP contribution in [0.1, 0.15) is 37.8 Å². The van der Waals surface area contributed by atoms with Crippen LogP contribution < -0.4 is 10.6 Å². The van der Waals surface area contributed by atoms with Gasteiger partial charge in [0.25, 0.3) is 0 Å². The summed E-state index contributed by atoms with van der Waals surface area (Å²) in [6.07, 6.45) is 12.2. The van der Waals surface area contributed by atoms with E-state index in [0.29, 0.717) is 12.5 Å². The minimum atomic E-state index is 0.657. The first-order chi connectivity index (χ1) is 11.4. The molecule has 0 fully saturated rings. The van der Waals surface area contributed by atoms with Gasteiger partial charge in [0.2, 0.25) is 5.95 Å². The number of nitrogens with zero attached hydrogens (tertiary/aromatic N) is 3. The van der Waals surface area contributed by atoms with Gasteiger partial charge in [-0.25, -0.2) is 4.98 Å². The average Bonchev–Trinajstić information content (AvgIpc) is 2.62. The highest BCUT2D eigenvalue weighted by Crippen LogP contribution is 2.19. The summed E-state index contributed by atoms with van der Waals surface area (Å²) in [5.41, 5.74) is 2.55. The normalized spacial score (nSPS) is 14.2. The molecule has 5 heteroatoms. The quantitative estimate of drug-likeness (QED) is 0.762. The number of anilines is 2. The molecule has 23 heavy (non-hydrogen) atoms. The van der Waals surface area contributed by atoms with Crippen molar-refractivity contribution in [2.45, 2.75) is 38.6 Å². The minimum absolute atomic E-state index is 0.657. The second kappa shape index (κ2) is 8.27. The largest absolute Gasteiger partial charge is 0.364 e. The summed E-state index contributed by atoms with van der Waals surface area (Å²) in [5.74, 6) is 1.48. The Kier molecular flexibility index (Phi) is 5.56. The van der Waals surface area contributed by atoms with E-state index in [1.165, 1.54) is 25.7 Å². The van der Waals surface area contributed by atoms with Gasteiger partial charge in [0.1, 0.15) is 5.82 Å². The van der Waals surface area contributed by atoms with Crippen LogP contribution in [0.4, 0.5) is 11.8 Å². The number of aromatic nitrogens is 3. The molecule has 0 saturated carbocycles. The Balaban J connectivity index is 1.48. The van der Waals surface area contributed by atoms with Crippen LogP contribution in [-0.2, 0) is 6.54 Å². The molecule has 0 radical (unpaired) electrons. The van der Waals surface area contributed by atoms with E-state index in [1.54, 1.807) is 18.0 Å². The predicted molar refractivity (Wildman–Crippen MR) is 93.3 cm³/mol. The summed E-state index contributed by atoms with van der Waals surface area (Å²) in [6.45, 7) is 1.54. The van der Waals surface area contributed by atoms with Gasteiger partial charge in [-0.15, -0.1) is 0 Å². The number of nitrogens with one attached hydrogen (secondary N) is 2. The Hall–Kier alpha value is -2.43. The third-order valence-electron chi connectivity index (χ3n) is 3.95. The lowest BCUT2D eigenvalue weighted by molar-refractivity contribution is 0.679. The van der Waals surface area contributed by atoms with Gasteiger partial charge < -0.3 is 10.6 Å². The van der Waals surface area contributed by atoms with E-state index >= 15 is 0 Å². The smallest absolute Gasteiger partial charge is 0.224 e. The molecule has 5 nitrogen and oxygen atoms in total. The van der Waals surface area contributed by atoms with Crippen LogP contribution in [0.25, 0.3) is 0 Å². The maximum Gasteiger partial charge on any atom is 0.224 e. The fraction of sp³-hybridized carbons (Fsp3) is 0.389. The maximum atomic E-state index is 4.49. The lowest BCUT2D eigenvalue weighted by Crippen LogP contribution is -2.09. The Labute approximate surface area is 137 Å². The highest BCUT2D eigenvalue weighted by atomic mass is 15.1. The summed E-state index contributed by atoms with van der Waals surface area (Å²) in [5, 5.41) is 6.59. The number of allylic oxidation sites excluding steroid dienone is 1. The van der Waals surface area contributed by atoms with Crippen LogP contribution in [0.15, 0.2) is 48.3 Å². The van der Waals surface area contributed by atoms with Gasteiger partial charge in [0.05, 0.1) is 12.2 Å². The lowest BCUT2D eigenvalue weighted by Gasteiger charge is -2.13. The number of pyridine rings is 1. The Morgan fingerprint density at radius 1 is 1.00 bits per heavy atom. The molecule has 0 atom stereocenters. The fourth-order valence-electron chi connectivity index (χ4n) is 2.69. The number of hydrogen-bond acceptors (Lipinski definition) is 5. The van der Waals surface area contributed by atoms with Gasteiger partial charge in [-0.1, -0.05) is 17.7 Å². The molecule has 0 saturated heterocycles. The van der Waals surface area contributed by atoms with Crippen molar-refractivity contribution < 1.29 is 0 Å². The molecule has 0 bridgehead atoms. The van der Waals surface area contributed by atoms with Crippen LogP contribution in [-0.4, -0.2) is 21.5 Å². The van der Waals surface area contributed by atoms with Gasteiger partial charge >= 0.3 is 0 Å². The van der Waals surface area contributed by atoms with Crippen molar-refractivity contribution in [3.8, 4) is 0 Å². The standard InChI is InChI=1S/C18H23N5/c1-2-6-15(7-3-1)9-12-20-18-21-13-10-17(23-18)22-14-16-8-4-5-11-19-16/h4-6,8,10-11,13H,1-3,7,9,12,14H2,(H2,20,21,22,23). The summed E-state index contributed by atoms with van der Waals surface area (Å²) < 4.78 is 0. The van der Waals surface area contributed by atoms with E-state index in [2.05, 4.69) is 31.7 Å². The summed E-state index contributed by atoms with van der Waals surface area (Å²) >= 11 is 0. The van der Waals surface area contributed by atoms with Crippen LogP contribution in [0.2, 0.25) is 0 Å². The van der Waals surface area contributed by atoms with Crippen LogP contribution in [0, 0.1) is 0 Å². The van der Waals surface area contributed by atoms with E-state index in [-0.39, 0.29) is 0 Å². The maximum absolute atomic E-state index is 4.49. The second-order valence-corrected chi connectivity index (χ2v) is 5.73. The average molecular weight is 309 g/mol. The van der Waals surface area contributed by atoms with Crippen molar-refractivity contribution in [2.24, 2.45) is 0 Å². The molecule has 1 aliphatic carbocycles. The summed E-state index contributed by atoms with van der Waals surface area (Å²) in [4.78, 5) is 13.1. The van der Waals surface area contributed by atoms with E-state index in [1.807, 2.05) is 24.3 Å². The predicted octanol–water partition coefficient (Wildman–Crippen LogP) is 3.79. The van der Waals surface area contributed by atoms with E-state index in [0.717, 1.165) is 24.5 Å². The molecule has 2 aromatic heterocycles. The van der Waals surface area contributed by atoms with Gasteiger partial charge in [0.15, 0.2) is 0 Å². The zero-order chi connectivity index (χ0) is 15.7. The zero-order valence-electron chi connectivity index (χ0n) is 13.3. The lowest BCUT2D eigenvalue weighted by atomic mass is 9.97. The third-order valence-corrected chi connectivity index (χ3v) is 3.95. The Morgan fingerprint density at radius 3 is 2.83 bits per heavy atom. The van der Waals surface area contributed by atoms with Crippen LogP contribution in [0.3, 0.4) is 0 Å². The van der Waals surface area contributed by atoms with Crippen molar-refractivity contribution in [1.82, 2.24) is 15.0 Å². The minimum Gasteiger partial charge on any atom is -0.364 e. The number of hydrogen-bond donors (Lipinski definition) is 2. The molecule has 2 heterocycles. The van der Waals surface area contributed by atoms with Crippen molar-refractivity contribution in [2.75, 3.05) is 17.2 Å². The Bertz CT molecular complexity index is 639. The molecule has 0 aliphatic heterocycles. The van der Waals surface area contributed by atoms with E-state index in [9.17, 15) is 0 Å². The number of rotatable bonds is 7. The molecule has 3 rings (SSSR count). The topological polar surface area (TPSA) is 62.7 Å². The summed E-state index contributed by atoms with van der Waals surface area (Å²) in [6, 6.07) is 7.76. The van der Waals surface area contributed by atoms with Crippen LogP contribution in [0.5, 0.6) is 0 Å². The Morgan fingerprint density at radius 2 is 2.00 bits per heavy atom. The van der Waals surface area contributed by atoms with Crippen molar-refractivity contribution in [3.05, 3.63) is 54.0 Å². The van der Waals surface area contributed by atoms with Gasteiger partial charge in [-0.05, 0) is 50.3 Å². The van der Waals surface area contributed by atoms with E-state index < -0.39 is 0 Å². The highest BCUT2D eigenvalue weighted by molar-refractivity contribution is 5.39. The summed E-state index contributed by atoms with van der Waals surface area (Å²) in [7, 11) is 0. The van der Waals surface area contributed by atoms with Crippen molar-refractivity contribution >= 4 is 11.8 Å². The molecule has 0 spiro atoms. The molecule has 0 aromatic carbocycles. The van der Waals surface area contributed by atoms with Crippen molar-refractivity contribution in [3.63, 3.8) is 0 Å². The zero-order valence-corrected chi connectivity index (χ0v) is 13.3. The SMILES string of the molecule is C1=C(CCNc2nccc(NCc3ccccn3)n2)CCCC1. The molecule has 1 aliphatic rings. The first kappa shape index (κ1) is 15.5. The molecular weight excluding hydrogens is 286 g/mol. The fourth-order valence-corrected chi connectivity index (χ4v) is 2.69. The first-order valence-corrected chi connectivity index (χ1v) is 8.29. The van der Waals surface area contributed by atoms with Gasteiger partial charge in [0, 0.05) is 18.9 Å². The van der Waals surface area contributed by atoms with Gasteiger partial charge in [-0.3, -0.25) is 4.98 Å². The van der Waals surface area contributed by atoms with Crippen LogP contribution >= 0.6 is 0 Å². The molecule has 0 unspecified atom stereocenters. The molecule has 0 amide bonds. The monoisotopic (exact) mass is 309 g/mol. The molecular formula is C18H23N5. The molecule has 120 valence electrons. The molecule has 2 N–H and O–H groups in total. The first-order valence-electron chi connectivity index (χ1n) is 8.29. The third kappa shape index (κ3) is 5.06. The van der Waals surface area contributed by atoms with Crippen molar-refractivity contribution in [1.29, 1.82) is 0 Å². The van der Waals surface area contributed by atoms with E-state index in [4.69, 9.17) is 0 Å². The highest BCUT2D eigenvalue weighted by Gasteiger charge is 2.04.